The van der Waals surface area contributed by atoms with Gasteiger partial charge in [-0.1, -0.05) is 39.0 Å². The maximum Gasteiger partial charge on any atom is 0.192 e. The van der Waals surface area contributed by atoms with Crippen LogP contribution >= 0.6 is 0 Å². The molecule has 0 saturated heterocycles. The standard InChI is InChI=1S/C17H25NO2Si/c1-17(2,3)21(4,5)20-11-10-18-12-14(13-19)15-8-6-7-9-16(15)18/h6-9,12-13H,10-11H2,1-5H3. The number of hydrogen-bond donors (Lipinski definition) is 0. The van der Waals surface area contributed by atoms with Crippen LogP contribution in [0.5, 0.6) is 0 Å². The molecule has 2 aromatic rings. The van der Waals surface area contributed by atoms with Crippen LogP contribution in [-0.4, -0.2) is 25.8 Å². The van der Waals surface area contributed by atoms with Gasteiger partial charge in [-0.25, -0.2) is 0 Å². The third-order valence-corrected chi connectivity index (χ3v) is 9.09. The lowest BCUT2D eigenvalue weighted by molar-refractivity contribution is 0.112. The van der Waals surface area contributed by atoms with Gasteiger partial charge in [0.15, 0.2) is 14.6 Å². The zero-order valence-corrected chi connectivity index (χ0v) is 14.6. The van der Waals surface area contributed by atoms with Crippen LogP contribution in [0.1, 0.15) is 31.1 Å². The van der Waals surface area contributed by atoms with Crippen LogP contribution < -0.4 is 0 Å². The van der Waals surface area contributed by atoms with E-state index in [0.717, 1.165) is 29.3 Å². The summed E-state index contributed by atoms with van der Waals surface area (Å²) >= 11 is 0. The molecule has 0 bridgehead atoms. The third kappa shape index (κ3) is 3.27. The Kier molecular flexibility index (Phi) is 4.40. The van der Waals surface area contributed by atoms with Crippen molar-refractivity contribution in [1.82, 2.24) is 4.57 Å². The Bertz CT molecular complexity index is 638. The van der Waals surface area contributed by atoms with E-state index in [2.05, 4.69) is 44.5 Å². The van der Waals surface area contributed by atoms with E-state index in [1.807, 2.05) is 24.4 Å². The zero-order chi connectivity index (χ0) is 15.7. The Morgan fingerprint density at radius 1 is 1.24 bits per heavy atom. The normalized spacial score (nSPS) is 12.8. The molecule has 1 heterocycles. The number of benzene rings is 1. The van der Waals surface area contributed by atoms with Gasteiger partial charge in [-0.15, -0.1) is 0 Å². The summed E-state index contributed by atoms with van der Waals surface area (Å²) in [6.07, 6.45) is 2.85. The fraction of sp³-hybridized carbons (Fsp3) is 0.471. The summed E-state index contributed by atoms with van der Waals surface area (Å²) in [6.45, 7) is 12.7. The van der Waals surface area contributed by atoms with Gasteiger partial charge in [0.1, 0.15) is 0 Å². The molecule has 2 rings (SSSR count). The van der Waals surface area contributed by atoms with E-state index in [9.17, 15) is 4.79 Å². The van der Waals surface area contributed by atoms with Crippen molar-refractivity contribution in [3.63, 3.8) is 0 Å². The Morgan fingerprint density at radius 3 is 2.52 bits per heavy atom. The van der Waals surface area contributed by atoms with Crippen molar-refractivity contribution in [2.45, 2.75) is 45.4 Å². The second-order valence-electron chi connectivity index (χ2n) is 7.02. The Labute approximate surface area is 128 Å². The molecule has 1 aromatic carbocycles. The first kappa shape index (κ1) is 16.0. The number of hydrogen-bond acceptors (Lipinski definition) is 2. The van der Waals surface area contributed by atoms with Crippen LogP contribution in [0.4, 0.5) is 0 Å². The van der Waals surface area contributed by atoms with Crippen molar-refractivity contribution >= 4 is 25.5 Å². The molecule has 0 radical (unpaired) electrons. The molecule has 0 atom stereocenters. The topological polar surface area (TPSA) is 31.2 Å². The van der Waals surface area contributed by atoms with E-state index in [-0.39, 0.29) is 5.04 Å². The molecule has 0 spiro atoms. The molecule has 0 N–H and O–H groups in total. The summed E-state index contributed by atoms with van der Waals surface area (Å²) < 4.78 is 8.34. The maximum absolute atomic E-state index is 11.2. The molecule has 114 valence electrons. The van der Waals surface area contributed by atoms with Crippen molar-refractivity contribution in [2.24, 2.45) is 0 Å². The number of para-hydroxylation sites is 1. The van der Waals surface area contributed by atoms with Gasteiger partial charge in [-0.3, -0.25) is 4.79 Å². The number of carbonyl (C=O) groups is 1. The Morgan fingerprint density at radius 2 is 1.90 bits per heavy atom. The number of aromatic nitrogens is 1. The lowest BCUT2D eigenvalue weighted by Gasteiger charge is -2.36. The highest BCUT2D eigenvalue weighted by Gasteiger charge is 2.36. The predicted molar refractivity (Wildman–Crippen MR) is 90.5 cm³/mol. The molecule has 0 aliphatic carbocycles. The first-order valence-corrected chi connectivity index (χ1v) is 10.3. The fourth-order valence-corrected chi connectivity index (χ4v) is 3.20. The lowest BCUT2D eigenvalue weighted by atomic mass is 10.2. The average Bonchev–Trinajstić information content (AvgIpc) is 2.76. The van der Waals surface area contributed by atoms with Gasteiger partial charge in [-0.05, 0) is 24.2 Å². The monoisotopic (exact) mass is 303 g/mol. The molecule has 0 aliphatic heterocycles. The number of fused-ring (bicyclic) bond motifs is 1. The third-order valence-electron chi connectivity index (χ3n) is 4.55. The number of nitrogens with zero attached hydrogens (tertiary/aromatic N) is 1. The number of carbonyl (C=O) groups excluding carboxylic acids is 1. The minimum absolute atomic E-state index is 0.222. The summed E-state index contributed by atoms with van der Waals surface area (Å²) in [6, 6.07) is 8.01. The average molecular weight is 303 g/mol. The van der Waals surface area contributed by atoms with Gasteiger partial charge >= 0.3 is 0 Å². The largest absolute Gasteiger partial charge is 0.415 e. The highest BCUT2D eigenvalue weighted by Crippen LogP contribution is 2.36. The fourth-order valence-electron chi connectivity index (χ4n) is 2.17. The predicted octanol–water partition coefficient (Wildman–Crippen LogP) is 4.48. The van der Waals surface area contributed by atoms with Crippen molar-refractivity contribution in [3.8, 4) is 0 Å². The minimum atomic E-state index is -1.71. The SMILES string of the molecule is CC(C)(C)[Si](C)(C)OCCn1cc(C=O)c2ccccc21. The first-order valence-electron chi connectivity index (χ1n) is 7.43. The molecule has 4 heteroatoms. The van der Waals surface area contributed by atoms with Crippen LogP contribution in [0.2, 0.25) is 18.1 Å². The maximum atomic E-state index is 11.2. The molecule has 0 amide bonds. The van der Waals surface area contributed by atoms with E-state index in [1.54, 1.807) is 0 Å². The van der Waals surface area contributed by atoms with E-state index in [4.69, 9.17) is 4.43 Å². The summed E-state index contributed by atoms with van der Waals surface area (Å²) in [5.74, 6) is 0. The van der Waals surface area contributed by atoms with E-state index >= 15 is 0 Å². The Balaban J connectivity index is 2.13. The summed E-state index contributed by atoms with van der Waals surface area (Å²) in [5.41, 5.74) is 1.84. The number of aldehydes is 1. The molecule has 3 nitrogen and oxygen atoms in total. The van der Waals surface area contributed by atoms with Gasteiger partial charge in [0.2, 0.25) is 0 Å². The van der Waals surface area contributed by atoms with Crippen molar-refractivity contribution in [1.29, 1.82) is 0 Å². The molecule has 1 aromatic heterocycles. The van der Waals surface area contributed by atoms with Crippen LogP contribution in [0.25, 0.3) is 10.9 Å². The first-order chi connectivity index (χ1) is 9.76. The van der Waals surface area contributed by atoms with Crippen molar-refractivity contribution in [2.75, 3.05) is 6.61 Å². The molecule has 0 aliphatic rings. The summed E-state index contributed by atoms with van der Waals surface area (Å²) in [4.78, 5) is 11.2. The zero-order valence-electron chi connectivity index (χ0n) is 13.6. The second kappa shape index (κ2) is 5.77. The second-order valence-corrected chi connectivity index (χ2v) is 11.8. The van der Waals surface area contributed by atoms with Crippen LogP contribution in [0, 0.1) is 0 Å². The molecule has 21 heavy (non-hydrogen) atoms. The molecule has 0 saturated carbocycles. The van der Waals surface area contributed by atoms with Gasteiger partial charge in [-0.2, -0.15) is 0 Å². The molecular weight excluding hydrogens is 278 g/mol. The van der Waals surface area contributed by atoms with E-state index in [1.165, 1.54) is 0 Å². The van der Waals surface area contributed by atoms with E-state index in [0.29, 0.717) is 6.61 Å². The van der Waals surface area contributed by atoms with Gasteiger partial charge in [0.25, 0.3) is 0 Å². The van der Waals surface area contributed by atoms with Crippen LogP contribution in [0.3, 0.4) is 0 Å². The van der Waals surface area contributed by atoms with E-state index < -0.39 is 8.32 Å². The highest BCUT2D eigenvalue weighted by molar-refractivity contribution is 6.74. The van der Waals surface area contributed by atoms with Crippen molar-refractivity contribution in [3.05, 3.63) is 36.0 Å². The Hall–Kier alpha value is -1.39. The number of rotatable bonds is 5. The van der Waals surface area contributed by atoms with Gasteiger partial charge in [0.05, 0.1) is 6.61 Å². The molecule has 0 unspecified atom stereocenters. The summed E-state index contributed by atoms with van der Waals surface area (Å²) in [5, 5.41) is 1.24. The van der Waals surface area contributed by atoms with Crippen LogP contribution in [-0.2, 0) is 11.0 Å². The van der Waals surface area contributed by atoms with Gasteiger partial charge in [0, 0.05) is 29.2 Å². The molecule has 0 fully saturated rings. The quantitative estimate of drug-likeness (QED) is 0.602. The minimum Gasteiger partial charge on any atom is -0.415 e. The summed E-state index contributed by atoms with van der Waals surface area (Å²) in [7, 11) is -1.71. The molecular formula is C17H25NO2Si. The van der Waals surface area contributed by atoms with Crippen LogP contribution in [0.15, 0.2) is 30.5 Å². The lowest BCUT2D eigenvalue weighted by Crippen LogP contribution is -2.41. The smallest absolute Gasteiger partial charge is 0.192 e. The highest BCUT2D eigenvalue weighted by atomic mass is 28.4. The van der Waals surface area contributed by atoms with Crippen molar-refractivity contribution < 1.29 is 9.22 Å². The van der Waals surface area contributed by atoms with Gasteiger partial charge < -0.3 is 8.99 Å².